The quantitative estimate of drug-likeness (QED) is 0.167. The molecule has 3 aromatic heterocycles. The zero-order valence-electron chi connectivity index (χ0n) is 22.0. The van der Waals surface area contributed by atoms with E-state index in [1.165, 1.54) is 21.5 Å². The summed E-state index contributed by atoms with van der Waals surface area (Å²) >= 11 is 0. The van der Waals surface area contributed by atoms with Gasteiger partial charge in [0, 0.05) is 10.8 Å². The van der Waals surface area contributed by atoms with Crippen molar-refractivity contribution >= 4 is 59.9 Å². The number of pyridine rings is 1. The van der Waals surface area contributed by atoms with Gasteiger partial charge in [0.05, 0.1) is 22.7 Å². The van der Waals surface area contributed by atoms with Gasteiger partial charge in [0.1, 0.15) is 11.2 Å². The number of para-hydroxylation sites is 1. The van der Waals surface area contributed by atoms with Crippen LogP contribution in [-0.4, -0.2) is 9.97 Å². The summed E-state index contributed by atoms with van der Waals surface area (Å²) in [6.07, 6.45) is 2.09. The lowest BCUT2D eigenvalue weighted by molar-refractivity contribution is -0.504. The van der Waals surface area contributed by atoms with Crippen molar-refractivity contribution in [3.63, 3.8) is 0 Å². The van der Waals surface area contributed by atoms with Gasteiger partial charge in [-0.15, -0.1) is 0 Å². The Morgan fingerprint density at radius 2 is 1.24 bits per heavy atom. The Balaban J connectivity index is 1.45. The molecule has 3 heterocycles. The predicted octanol–water partition coefficient (Wildman–Crippen LogP) is 8.91. The summed E-state index contributed by atoms with van der Waals surface area (Å²) in [5.41, 5.74) is 4.55. The van der Waals surface area contributed by atoms with Crippen molar-refractivity contribution in [1.29, 1.82) is 0 Å². The first-order chi connectivity index (χ1) is 20.3. The lowest BCUT2D eigenvalue weighted by Crippen LogP contribution is -2.28. The Morgan fingerprint density at radius 1 is 0.512 bits per heavy atom. The van der Waals surface area contributed by atoms with E-state index in [1.807, 2.05) is 30.3 Å². The summed E-state index contributed by atoms with van der Waals surface area (Å²) in [5, 5.41) is 9.07. The number of rotatable bonds is 2. The fourth-order valence-electron chi connectivity index (χ4n) is 6.20. The van der Waals surface area contributed by atoms with Crippen LogP contribution in [0.1, 0.15) is 0 Å². The Kier molecular flexibility index (Phi) is 4.58. The van der Waals surface area contributed by atoms with Gasteiger partial charge in [-0.2, -0.15) is 4.40 Å². The Morgan fingerprint density at radius 3 is 2.17 bits per heavy atom. The van der Waals surface area contributed by atoms with Crippen LogP contribution in [0, 0.1) is 0 Å². The Labute approximate surface area is 234 Å². The van der Waals surface area contributed by atoms with Crippen molar-refractivity contribution in [2.75, 3.05) is 0 Å². The summed E-state index contributed by atoms with van der Waals surface area (Å²) in [5.74, 6) is 1.51. The smallest absolute Gasteiger partial charge is 0.309 e. The largest absolute Gasteiger partial charge is 0.456 e. The van der Waals surface area contributed by atoms with Crippen molar-refractivity contribution in [2.24, 2.45) is 0 Å². The van der Waals surface area contributed by atoms with Crippen LogP contribution in [0.2, 0.25) is 0 Å². The van der Waals surface area contributed by atoms with Gasteiger partial charge < -0.3 is 4.42 Å². The van der Waals surface area contributed by atoms with E-state index in [-0.39, 0.29) is 0 Å². The summed E-state index contributed by atoms with van der Waals surface area (Å²) in [6.45, 7) is 0. The molecule has 0 atom stereocenters. The maximum Gasteiger partial charge on any atom is 0.309 e. The monoisotopic (exact) mass is 524 g/mol. The predicted molar refractivity (Wildman–Crippen MR) is 166 cm³/mol. The third-order valence-corrected chi connectivity index (χ3v) is 8.12. The Bertz CT molecular complexity index is 2490. The highest BCUT2D eigenvalue weighted by molar-refractivity contribution is 6.14. The summed E-state index contributed by atoms with van der Waals surface area (Å²) in [7, 11) is 0. The minimum absolute atomic E-state index is 0.672. The normalized spacial score (nSPS) is 11.9. The fourth-order valence-corrected chi connectivity index (χ4v) is 6.20. The molecule has 190 valence electrons. The van der Waals surface area contributed by atoms with E-state index in [9.17, 15) is 0 Å². The maximum absolute atomic E-state index is 6.23. The minimum atomic E-state index is 0.672. The maximum atomic E-state index is 6.23. The van der Waals surface area contributed by atoms with E-state index >= 15 is 0 Å². The van der Waals surface area contributed by atoms with Gasteiger partial charge in [0.2, 0.25) is 0 Å². The first kappa shape index (κ1) is 22.2. The molecule has 4 heteroatoms. The van der Waals surface area contributed by atoms with Crippen molar-refractivity contribution in [3.05, 3.63) is 134 Å². The Hall–Kier alpha value is -5.61. The second-order valence-electron chi connectivity index (χ2n) is 10.5. The van der Waals surface area contributed by atoms with Gasteiger partial charge in [-0.25, -0.2) is 0 Å². The number of fused-ring (bicyclic) bond motifs is 9. The fraction of sp³-hybridized carbons (Fsp3) is 0. The van der Waals surface area contributed by atoms with E-state index in [0.717, 1.165) is 55.3 Å². The number of aromatic nitrogens is 3. The summed E-state index contributed by atoms with van der Waals surface area (Å²) in [4.78, 5) is 10.6. The van der Waals surface area contributed by atoms with Crippen LogP contribution in [0.4, 0.5) is 0 Å². The van der Waals surface area contributed by atoms with E-state index in [0.29, 0.717) is 5.82 Å². The topological polar surface area (TPSA) is 43.0 Å². The lowest BCUT2D eigenvalue weighted by atomic mass is 10.0. The summed E-state index contributed by atoms with van der Waals surface area (Å²) in [6, 6.07) is 44.3. The van der Waals surface area contributed by atoms with E-state index in [2.05, 4.69) is 108 Å². The molecular weight excluding hydrogens is 502 g/mol. The summed E-state index contributed by atoms with van der Waals surface area (Å²) < 4.78 is 8.37. The van der Waals surface area contributed by atoms with Crippen LogP contribution in [0.5, 0.6) is 0 Å². The molecule has 0 saturated heterocycles. The molecule has 4 nitrogen and oxygen atoms in total. The molecule has 0 radical (unpaired) electrons. The molecule has 6 aromatic carbocycles. The van der Waals surface area contributed by atoms with E-state index in [1.54, 1.807) is 0 Å². The van der Waals surface area contributed by atoms with E-state index in [4.69, 9.17) is 14.4 Å². The van der Waals surface area contributed by atoms with Gasteiger partial charge >= 0.3 is 5.82 Å². The molecule has 9 aromatic rings. The van der Waals surface area contributed by atoms with Gasteiger partial charge in [0.25, 0.3) is 11.5 Å². The lowest BCUT2D eigenvalue weighted by Gasteiger charge is -2.09. The first-order valence-corrected chi connectivity index (χ1v) is 13.8. The number of hydrogen-bond acceptors (Lipinski definition) is 3. The number of nitrogens with zero attached hydrogens (tertiary/aromatic N) is 3. The van der Waals surface area contributed by atoms with Crippen LogP contribution < -0.4 is 4.40 Å². The molecular formula is C37H22N3O+. The van der Waals surface area contributed by atoms with Crippen LogP contribution >= 0.6 is 0 Å². The average molecular weight is 525 g/mol. The molecule has 0 aliphatic heterocycles. The minimum Gasteiger partial charge on any atom is -0.456 e. The highest BCUT2D eigenvalue weighted by atomic mass is 16.3. The van der Waals surface area contributed by atoms with Gasteiger partial charge in [-0.05, 0) is 63.3 Å². The molecule has 0 bridgehead atoms. The van der Waals surface area contributed by atoms with Gasteiger partial charge in [-0.1, -0.05) is 101 Å². The zero-order chi connectivity index (χ0) is 26.9. The molecule has 9 rings (SSSR count). The molecule has 0 N–H and O–H groups in total. The van der Waals surface area contributed by atoms with Crippen molar-refractivity contribution in [1.82, 2.24) is 9.97 Å². The third-order valence-electron chi connectivity index (χ3n) is 8.12. The molecule has 0 spiro atoms. The number of hydrogen-bond donors (Lipinski definition) is 0. The zero-order valence-corrected chi connectivity index (χ0v) is 22.0. The van der Waals surface area contributed by atoms with Crippen LogP contribution in [-0.2, 0) is 0 Å². The molecule has 41 heavy (non-hydrogen) atoms. The number of benzene rings is 6. The van der Waals surface area contributed by atoms with Crippen molar-refractivity contribution < 1.29 is 8.82 Å². The highest BCUT2D eigenvalue weighted by Crippen LogP contribution is 2.36. The van der Waals surface area contributed by atoms with Crippen molar-refractivity contribution in [3.8, 4) is 22.8 Å². The molecule has 0 amide bonds. The van der Waals surface area contributed by atoms with E-state index < -0.39 is 0 Å². The average Bonchev–Trinajstić information content (AvgIpc) is 3.42. The SMILES string of the molecule is c1ccc2cc(-c3nc(-c4cccc5oc6ccccc6c45)nc4c5c(ccc6ccccc65)cc[n+]34)ccc2c1. The second-order valence-corrected chi connectivity index (χ2v) is 10.5. The van der Waals surface area contributed by atoms with Crippen LogP contribution in [0.25, 0.3) is 82.7 Å². The molecule has 0 fully saturated rings. The first-order valence-electron chi connectivity index (χ1n) is 13.8. The second kappa shape index (κ2) is 8.44. The van der Waals surface area contributed by atoms with Gasteiger partial charge in [-0.3, -0.25) is 0 Å². The van der Waals surface area contributed by atoms with Crippen LogP contribution in [0.15, 0.2) is 138 Å². The standard InChI is InChI=1S/C37H22N3O/c1-2-10-26-22-27(19-16-23(26)8-1)36-38-35(30-13-7-15-32-34(30)29-12-5-6-14-31(29)41-32)39-37-33-25(20-21-40(36)37)18-17-24-9-3-4-11-28(24)33/h1-22H/q+1. The molecule has 0 aliphatic carbocycles. The molecule has 0 aliphatic rings. The molecule has 0 saturated carbocycles. The van der Waals surface area contributed by atoms with Crippen LogP contribution in [0.3, 0.4) is 0 Å². The van der Waals surface area contributed by atoms with Gasteiger partial charge in [0.15, 0.2) is 0 Å². The number of furan rings is 1. The highest BCUT2D eigenvalue weighted by Gasteiger charge is 2.25. The molecule has 0 unspecified atom stereocenters. The van der Waals surface area contributed by atoms with Crippen molar-refractivity contribution in [2.45, 2.75) is 0 Å². The third kappa shape index (κ3) is 3.31.